The lowest BCUT2D eigenvalue weighted by atomic mass is 9.91. The van der Waals surface area contributed by atoms with Crippen LogP contribution in [-0.4, -0.2) is 70.0 Å². The highest BCUT2D eigenvalue weighted by molar-refractivity contribution is 7.45. The van der Waals surface area contributed by atoms with E-state index in [0.29, 0.717) is 22.9 Å². The number of likely N-dealkylation sites (N-methyl/N-ethyl adjacent to an activating group) is 1. The van der Waals surface area contributed by atoms with Crippen LogP contribution in [0.5, 0.6) is 0 Å². The number of hydrogen-bond donors (Lipinski definition) is 0. The predicted molar refractivity (Wildman–Crippen MR) is 240 cm³/mol. The van der Waals surface area contributed by atoms with E-state index in [-0.39, 0.29) is 43.9 Å². The zero-order valence-corrected chi connectivity index (χ0v) is 41.2. The van der Waals surface area contributed by atoms with Gasteiger partial charge in [-0.05, 0) is 47.3 Å². The molecule has 0 bridgehead atoms. The summed E-state index contributed by atoms with van der Waals surface area (Å²) in [7, 11) is 1.15. The Morgan fingerprint density at radius 2 is 0.845 bits per heavy atom. The molecule has 0 saturated carbocycles. The predicted octanol–water partition coefficient (Wildman–Crippen LogP) is 12.6. The van der Waals surface area contributed by atoms with Crippen molar-refractivity contribution in [3.8, 4) is 0 Å². The van der Waals surface area contributed by atoms with Gasteiger partial charge in [0.15, 0.2) is 6.10 Å². The molecule has 0 radical (unpaired) electrons. The van der Waals surface area contributed by atoms with Crippen molar-refractivity contribution >= 4 is 19.8 Å². The maximum Gasteiger partial charge on any atom is 0.306 e. The Morgan fingerprint density at radius 1 is 0.500 bits per heavy atom. The number of esters is 2. The van der Waals surface area contributed by atoms with Crippen molar-refractivity contribution in [3.63, 3.8) is 0 Å². The molecule has 8 atom stereocenters. The summed E-state index contributed by atoms with van der Waals surface area (Å²) in [6.07, 6.45) is 21.2. The van der Waals surface area contributed by atoms with Gasteiger partial charge in [0.25, 0.3) is 7.82 Å². The average Bonchev–Trinajstić information content (AvgIpc) is 3.08. The van der Waals surface area contributed by atoms with Crippen LogP contribution in [0.1, 0.15) is 198 Å². The number of phosphoric acid groups is 1. The van der Waals surface area contributed by atoms with Crippen LogP contribution < -0.4 is 4.89 Å². The molecule has 0 fully saturated rings. The van der Waals surface area contributed by atoms with Crippen LogP contribution >= 0.6 is 7.82 Å². The number of nitrogens with zero attached hydrogens (tertiary/aromatic N) is 1. The molecule has 58 heavy (non-hydrogen) atoms. The summed E-state index contributed by atoms with van der Waals surface area (Å²) in [5.74, 6) is 3.92. The fourth-order valence-corrected chi connectivity index (χ4v) is 8.32. The van der Waals surface area contributed by atoms with Gasteiger partial charge >= 0.3 is 11.9 Å². The van der Waals surface area contributed by atoms with Crippen LogP contribution in [0.25, 0.3) is 0 Å². The van der Waals surface area contributed by atoms with Crippen molar-refractivity contribution < 1.29 is 42.1 Å². The average molecular weight is 846 g/mol. The lowest BCUT2D eigenvalue weighted by Crippen LogP contribution is -2.37. The van der Waals surface area contributed by atoms with Crippen molar-refractivity contribution in [1.29, 1.82) is 0 Å². The molecule has 0 aliphatic heterocycles. The zero-order valence-electron chi connectivity index (χ0n) is 40.3. The van der Waals surface area contributed by atoms with Gasteiger partial charge in [-0.3, -0.25) is 14.2 Å². The molecule has 0 aromatic carbocycles. The smallest absolute Gasteiger partial charge is 0.306 e. The minimum absolute atomic E-state index is 0.0359. The molecule has 0 aliphatic carbocycles. The largest absolute Gasteiger partial charge is 0.756 e. The highest BCUT2D eigenvalue weighted by Gasteiger charge is 2.23. The topological polar surface area (TPSA) is 111 Å². The Hall–Kier alpha value is -0.990. The standard InChI is InChI=1S/C48H96NO8P/c1-38(2)20-14-22-40(5)24-16-26-42(7)28-18-30-44(9)34-47(50)54-36-46(37-56-58(52,53)55-33-32-49(11,12)13)57-48(51)35-45(10)31-19-29-43(8)27-17-25-41(6)23-15-21-39(3)4/h38-46H,14-37H2,1-13H3/t40-,41-,42-,43-,44-,45-,46-/m1/s1. The second-order valence-corrected chi connectivity index (χ2v) is 22.2. The maximum absolute atomic E-state index is 13.0. The fourth-order valence-electron chi connectivity index (χ4n) is 7.59. The van der Waals surface area contributed by atoms with E-state index in [1.165, 1.54) is 77.0 Å². The number of quaternary nitrogens is 1. The van der Waals surface area contributed by atoms with Gasteiger partial charge in [0, 0.05) is 12.8 Å². The molecule has 9 nitrogen and oxygen atoms in total. The summed E-state index contributed by atoms with van der Waals surface area (Å²) in [4.78, 5) is 38.4. The first kappa shape index (κ1) is 57.0. The van der Waals surface area contributed by atoms with Crippen molar-refractivity contribution in [1.82, 2.24) is 0 Å². The van der Waals surface area contributed by atoms with Crippen molar-refractivity contribution in [3.05, 3.63) is 0 Å². The summed E-state index contributed by atoms with van der Waals surface area (Å²) in [5.41, 5.74) is 0. The molecule has 0 N–H and O–H groups in total. The van der Waals surface area contributed by atoms with Gasteiger partial charge in [0.1, 0.15) is 19.8 Å². The van der Waals surface area contributed by atoms with E-state index in [1.807, 2.05) is 28.1 Å². The fraction of sp³-hybridized carbons (Fsp3) is 0.958. The molecular weight excluding hydrogens is 750 g/mol. The van der Waals surface area contributed by atoms with E-state index < -0.39 is 26.5 Å². The van der Waals surface area contributed by atoms with Crippen LogP contribution in [0.3, 0.4) is 0 Å². The van der Waals surface area contributed by atoms with E-state index in [1.54, 1.807) is 0 Å². The molecule has 0 aromatic rings. The monoisotopic (exact) mass is 846 g/mol. The van der Waals surface area contributed by atoms with Crippen LogP contribution in [0.4, 0.5) is 0 Å². The molecule has 0 aromatic heterocycles. The minimum Gasteiger partial charge on any atom is -0.756 e. The van der Waals surface area contributed by atoms with Gasteiger partial charge in [0.2, 0.25) is 0 Å². The number of hydrogen-bond acceptors (Lipinski definition) is 8. The molecule has 1 unspecified atom stereocenters. The molecule has 0 saturated heterocycles. The number of ether oxygens (including phenoxy) is 2. The van der Waals surface area contributed by atoms with Crippen molar-refractivity contribution in [2.45, 2.75) is 204 Å². The van der Waals surface area contributed by atoms with E-state index >= 15 is 0 Å². The van der Waals surface area contributed by atoms with Crippen LogP contribution in [0.2, 0.25) is 0 Å². The van der Waals surface area contributed by atoms with Gasteiger partial charge < -0.3 is 27.9 Å². The second kappa shape index (κ2) is 32.7. The summed E-state index contributed by atoms with van der Waals surface area (Å²) in [5, 5.41) is 0. The van der Waals surface area contributed by atoms with Crippen LogP contribution in [0.15, 0.2) is 0 Å². The number of rotatable bonds is 38. The number of phosphoric ester groups is 1. The van der Waals surface area contributed by atoms with Gasteiger partial charge in [-0.1, -0.05) is 185 Å². The lowest BCUT2D eigenvalue weighted by Gasteiger charge is -2.28. The SMILES string of the molecule is CC(C)CCC[C@@H](C)CCC[C@@H](C)CCC[C@@H](C)CC(=O)OC[C@H](COP(=O)([O-])OCC[N+](C)(C)C)OC(=O)C[C@H](C)CCC[C@H](C)CCC[C@H](C)CCCC(C)C. The molecule has 0 amide bonds. The van der Waals surface area contributed by atoms with Crippen molar-refractivity contribution in [2.24, 2.45) is 47.3 Å². The van der Waals surface area contributed by atoms with Gasteiger partial charge in [-0.15, -0.1) is 0 Å². The first-order valence-corrected chi connectivity index (χ1v) is 25.3. The third-order valence-corrected chi connectivity index (χ3v) is 12.7. The van der Waals surface area contributed by atoms with Gasteiger partial charge in [-0.25, -0.2) is 0 Å². The molecule has 0 rings (SSSR count). The second-order valence-electron chi connectivity index (χ2n) is 20.8. The highest BCUT2D eigenvalue weighted by Crippen LogP contribution is 2.38. The normalized spacial score (nSPS) is 17.0. The van der Waals surface area contributed by atoms with E-state index in [2.05, 4.69) is 62.3 Å². The number of carbonyl (C=O) groups excluding carboxylic acids is 2. The summed E-state index contributed by atoms with van der Waals surface area (Å²) in [6.45, 7) is 22.4. The van der Waals surface area contributed by atoms with Gasteiger partial charge in [0.05, 0.1) is 27.7 Å². The third kappa shape index (κ3) is 36.8. The Bertz CT molecular complexity index is 1080. The quantitative estimate of drug-likeness (QED) is 0.0343. The molecule has 10 heteroatoms. The van der Waals surface area contributed by atoms with E-state index in [4.69, 9.17) is 18.5 Å². The number of carbonyl (C=O) groups is 2. The van der Waals surface area contributed by atoms with Crippen molar-refractivity contribution in [2.75, 3.05) is 47.5 Å². The molecule has 0 heterocycles. The minimum atomic E-state index is -4.65. The summed E-state index contributed by atoms with van der Waals surface area (Å²) in [6, 6.07) is 0. The molecule has 0 spiro atoms. The van der Waals surface area contributed by atoms with Crippen LogP contribution in [0, 0.1) is 47.3 Å². The molecular formula is C48H96NO8P. The first-order valence-electron chi connectivity index (χ1n) is 23.8. The molecule has 346 valence electrons. The summed E-state index contributed by atoms with van der Waals surface area (Å²) < 4.78 is 34.5. The van der Waals surface area contributed by atoms with E-state index in [0.717, 1.165) is 62.2 Å². The maximum atomic E-state index is 13.0. The summed E-state index contributed by atoms with van der Waals surface area (Å²) >= 11 is 0. The third-order valence-electron chi connectivity index (χ3n) is 11.7. The Morgan fingerprint density at radius 3 is 1.21 bits per heavy atom. The molecule has 0 aliphatic rings. The zero-order chi connectivity index (χ0) is 44.1. The van der Waals surface area contributed by atoms with Gasteiger partial charge in [-0.2, -0.15) is 0 Å². The first-order chi connectivity index (χ1) is 27.1. The Labute approximate surface area is 359 Å². The highest BCUT2D eigenvalue weighted by atomic mass is 31.2. The Balaban J connectivity index is 4.82. The van der Waals surface area contributed by atoms with E-state index in [9.17, 15) is 19.0 Å². The Kier molecular flexibility index (Phi) is 32.1. The lowest BCUT2D eigenvalue weighted by molar-refractivity contribution is -0.870. The van der Waals surface area contributed by atoms with Crippen LogP contribution in [-0.2, 0) is 32.7 Å².